The molecule has 5 rings (SSSR count). The Hall–Kier alpha value is -2.38. The van der Waals surface area contributed by atoms with Gasteiger partial charge in [0.1, 0.15) is 0 Å². The van der Waals surface area contributed by atoms with Crippen LogP contribution in [0.4, 0.5) is 0 Å². The van der Waals surface area contributed by atoms with E-state index in [4.69, 9.17) is 0 Å². The van der Waals surface area contributed by atoms with Crippen LogP contribution in [0.25, 0.3) is 0 Å². The van der Waals surface area contributed by atoms with E-state index >= 15 is 0 Å². The molecule has 0 atom stereocenters. The highest BCUT2D eigenvalue weighted by Crippen LogP contribution is 2.22. The third-order valence-electron chi connectivity index (χ3n) is 7.29. The van der Waals surface area contributed by atoms with E-state index in [1.165, 1.54) is 97.8 Å². The molecule has 0 spiro atoms. The van der Waals surface area contributed by atoms with Gasteiger partial charge in [-0.25, -0.2) is 0 Å². The van der Waals surface area contributed by atoms with Crippen LogP contribution >= 0.6 is 0 Å². The highest BCUT2D eigenvalue weighted by Gasteiger charge is 2.06. The molecule has 0 N–H and O–H groups in total. The molecule has 0 bridgehead atoms. The van der Waals surface area contributed by atoms with Gasteiger partial charge in [0.25, 0.3) is 0 Å². The smallest absolute Gasteiger partial charge is 0.00218 e. The molecule has 0 amide bonds. The summed E-state index contributed by atoms with van der Waals surface area (Å²) in [6.07, 6.45) is 11.7. The van der Waals surface area contributed by atoms with Gasteiger partial charge < -0.3 is 4.90 Å². The maximum absolute atomic E-state index is 2.39. The van der Waals surface area contributed by atoms with Crippen molar-refractivity contribution in [3.8, 4) is 0 Å². The van der Waals surface area contributed by atoms with Crippen LogP contribution in [0.1, 0.15) is 121 Å². The summed E-state index contributed by atoms with van der Waals surface area (Å²) in [6, 6.07) is 25.3. The molecule has 3 aromatic carbocycles. The van der Waals surface area contributed by atoms with Gasteiger partial charge in [-0.1, -0.05) is 170 Å². The van der Waals surface area contributed by atoms with Crippen LogP contribution in [0.5, 0.6) is 0 Å². The average Bonchev–Trinajstić information content (AvgIpc) is 2.90. The highest BCUT2D eigenvalue weighted by molar-refractivity contribution is 5.23. The van der Waals surface area contributed by atoms with Crippen molar-refractivity contribution >= 4 is 0 Å². The fourth-order valence-electron chi connectivity index (χ4n) is 4.47. The SMILES string of the molecule is C.C.C.C.CC1CCCCC1.CN1CCCCC1.Cc1ccc(C)cc1.Cc1cccc(C)c1.Cc1ccccc1C. The second kappa shape index (κ2) is 28.7. The molecule has 1 aliphatic carbocycles. The zero-order chi connectivity index (χ0) is 28.2. The molecular formula is C41H73N. The van der Waals surface area contributed by atoms with Gasteiger partial charge in [0.15, 0.2) is 0 Å². The Morgan fingerprint density at radius 3 is 1.10 bits per heavy atom. The predicted molar refractivity (Wildman–Crippen MR) is 198 cm³/mol. The van der Waals surface area contributed by atoms with Crippen molar-refractivity contribution in [2.45, 2.75) is 130 Å². The quantitative estimate of drug-likeness (QED) is 0.256. The summed E-state index contributed by atoms with van der Waals surface area (Å²) < 4.78 is 0. The van der Waals surface area contributed by atoms with Gasteiger partial charge in [-0.2, -0.15) is 0 Å². The maximum atomic E-state index is 2.39. The highest BCUT2D eigenvalue weighted by atomic mass is 15.1. The van der Waals surface area contributed by atoms with Crippen molar-refractivity contribution < 1.29 is 0 Å². The molecule has 3 aromatic rings. The van der Waals surface area contributed by atoms with Crippen molar-refractivity contribution in [3.63, 3.8) is 0 Å². The molecule has 1 heterocycles. The minimum absolute atomic E-state index is 0. The summed E-state index contributed by atoms with van der Waals surface area (Å²) in [5.74, 6) is 1.04. The Balaban J connectivity index is -0.000000210. The molecule has 2 fully saturated rings. The van der Waals surface area contributed by atoms with Gasteiger partial charge in [-0.15, -0.1) is 0 Å². The molecule has 42 heavy (non-hydrogen) atoms. The molecule has 1 heteroatoms. The molecule has 1 saturated heterocycles. The number of nitrogens with zero attached hydrogens (tertiary/aromatic N) is 1. The fraction of sp³-hybridized carbons (Fsp3) is 0.561. The monoisotopic (exact) mass is 580 g/mol. The Morgan fingerprint density at radius 2 is 0.857 bits per heavy atom. The van der Waals surface area contributed by atoms with Gasteiger partial charge in [0.05, 0.1) is 0 Å². The second-order valence-corrected chi connectivity index (χ2v) is 11.5. The van der Waals surface area contributed by atoms with Crippen LogP contribution in [0.15, 0.2) is 72.8 Å². The van der Waals surface area contributed by atoms with Gasteiger partial charge in [0, 0.05) is 0 Å². The lowest BCUT2D eigenvalue weighted by Gasteiger charge is -2.20. The average molecular weight is 580 g/mol. The third-order valence-corrected chi connectivity index (χ3v) is 7.29. The lowest BCUT2D eigenvalue weighted by atomic mass is 9.91. The van der Waals surface area contributed by atoms with Gasteiger partial charge in [-0.3, -0.25) is 0 Å². The van der Waals surface area contributed by atoms with E-state index in [1.54, 1.807) is 0 Å². The molecular weight excluding hydrogens is 506 g/mol. The predicted octanol–water partition coefficient (Wildman–Crippen LogP) is 13.1. The summed E-state index contributed by atoms with van der Waals surface area (Å²) in [5, 5.41) is 0. The lowest BCUT2D eigenvalue weighted by Crippen LogP contribution is -2.24. The number of benzene rings is 3. The van der Waals surface area contributed by atoms with Crippen molar-refractivity contribution in [2.24, 2.45) is 5.92 Å². The number of aryl methyl sites for hydroxylation is 6. The minimum Gasteiger partial charge on any atom is -0.306 e. The van der Waals surface area contributed by atoms with E-state index in [0.29, 0.717) is 0 Å². The number of piperidine rings is 1. The lowest BCUT2D eigenvalue weighted by molar-refractivity contribution is 0.277. The van der Waals surface area contributed by atoms with Crippen LogP contribution in [-0.4, -0.2) is 25.0 Å². The Morgan fingerprint density at radius 1 is 0.476 bits per heavy atom. The van der Waals surface area contributed by atoms with Gasteiger partial charge >= 0.3 is 0 Å². The van der Waals surface area contributed by atoms with E-state index in [1.807, 2.05) is 0 Å². The number of hydrogen-bond acceptors (Lipinski definition) is 1. The van der Waals surface area contributed by atoms with Crippen molar-refractivity contribution in [1.29, 1.82) is 0 Å². The topological polar surface area (TPSA) is 3.24 Å². The normalized spacial score (nSPS) is 13.7. The first-order valence-electron chi connectivity index (χ1n) is 14.9. The number of likely N-dealkylation sites (tertiary alicyclic amines) is 1. The zero-order valence-corrected chi connectivity index (χ0v) is 26.0. The van der Waals surface area contributed by atoms with E-state index in [0.717, 1.165) is 5.92 Å². The molecule has 1 saturated carbocycles. The molecule has 1 nitrogen and oxygen atoms in total. The maximum Gasteiger partial charge on any atom is -0.00218 e. The number of rotatable bonds is 0. The Kier molecular flexibility index (Phi) is 31.9. The van der Waals surface area contributed by atoms with E-state index < -0.39 is 0 Å². The van der Waals surface area contributed by atoms with E-state index in [-0.39, 0.29) is 29.7 Å². The number of hydrogen-bond donors (Lipinski definition) is 0. The molecule has 0 aromatic heterocycles. The first-order chi connectivity index (χ1) is 18.2. The minimum atomic E-state index is 0. The van der Waals surface area contributed by atoms with Crippen LogP contribution < -0.4 is 0 Å². The zero-order valence-electron chi connectivity index (χ0n) is 26.0. The van der Waals surface area contributed by atoms with E-state index in [9.17, 15) is 0 Å². The Bertz CT molecular complexity index is 885. The van der Waals surface area contributed by atoms with Crippen LogP contribution in [0.3, 0.4) is 0 Å². The molecule has 242 valence electrons. The van der Waals surface area contributed by atoms with Crippen molar-refractivity contribution in [3.05, 3.63) is 106 Å². The summed E-state index contributed by atoms with van der Waals surface area (Å²) in [5.41, 5.74) is 8.07. The molecule has 0 unspecified atom stereocenters. The van der Waals surface area contributed by atoms with E-state index in [2.05, 4.69) is 133 Å². The first kappa shape index (κ1) is 46.6. The molecule has 0 radical (unpaired) electrons. The van der Waals surface area contributed by atoms with Gasteiger partial charge in [0.2, 0.25) is 0 Å². The third kappa shape index (κ3) is 25.3. The van der Waals surface area contributed by atoms with Crippen molar-refractivity contribution in [1.82, 2.24) is 4.90 Å². The van der Waals surface area contributed by atoms with Gasteiger partial charge in [-0.05, 0) is 91.6 Å². The van der Waals surface area contributed by atoms with Crippen LogP contribution in [0, 0.1) is 47.5 Å². The largest absolute Gasteiger partial charge is 0.306 e. The fourth-order valence-corrected chi connectivity index (χ4v) is 4.47. The van der Waals surface area contributed by atoms with Crippen LogP contribution in [0.2, 0.25) is 0 Å². The molecule has 1 aliphatic heterocycles. The summed E-state index contributed by atoms with van der Waals surface area (Å²) in [6.45, 7) is 17.6. The van der Waals surface area contributed by atoms with Crippen molar-refractivity contribution in [2.75, 3.05) is 20.1 Å². The summed E-state index contributed by atoms with van der Waals surface area (Å²) in [4.78, 5) is 2.39. The standard InChI is InChI=1S/3C8H10.C7H14.C6H13N.4CH4/c1-7-3-5-8(2)6-4-7;1-7-4-3-5-8(2)6-7;1-7-5-3-4-6-8(7)2;2*1-7-5-3-2-4-6-7;;;;/h3*3-6H,1-2H3;7H,2-6H2,1H3;2-6H2,1H3;4*1H4. The Labute approximate surface area is 266 Å². The second-order valence-electron chi connectivity index (χ2n) is 11.5. The van der Waals surface area contributed by atoms with Crippen LogP contribution in [-0.2, 0) is 0 Å². The first-order valence-corrected chi connectivity index (χ1v) is 14.9. The summed E-state index contributed by atoms with van der Waals surface area (Å²) in [7, 11) is 2.19. The summed E-state index contributed by atoms with van der Waals surface area (Å²) >= 11 is 0. The molecule has 2 aliphatic rings.